The van der Waals surface area contributed by atoms with Crippen LogP contribution in [0.25, 0.3) is 0 Å². The topological polar surface area (TPSA) is 55.3 Å². The lowest BCUT2D eigenvalue weighted by Gasteiger charge is -2.27. The van der Waals surface area contributed by atoms with Crippen molar-refractivity contribution in [3.8, 4) is 11.5 Å². The molecule has 1 aromatic carbocycles. The van der Waals surface area contributed by atoms with Gasteiger partial charge in [-0.1, -0.05) is 11.6 Å². The van der Waals surface area contributed by atoms with Gasteiger partial charge in [-0.2, -0.15) is 0 Å². The number of halogens is 1. The van der Waals surface area contributed by atoms with Gasteiger partial charge in [0.25, 0.3) is 0 Å². The van der Waals surface area contributed by atoms with E-state index in [1.54, 1.807) is 0 Å². The second-order valence-electron chi connectivity index (χ2n) is 7.12. The maximum atomic E-state index is 6.38. The molecule has 27 heavy (non-hydrogen) atoms. The highest BCUT2D eigenvalue weighted by molar-refractivity contribution is 6.32. The molecule has 0 spiro atoms. The van der Waals surface area contributed by atoms with Crippen molar-refractivity contribution in [2.75, 3.05) is 47.1 Å². The van der Waals surface area contributed by atoms with Gasteiger partial charge >= 0.3 is 0 Å². The fourth-order valence-electron chi connectivity index (χ4n) is 3.47. The highest BCUT2D eigenvalue weighted by Crippen LogP contribution is 2.37. The van der Waals surface area contributed by atoms with Crippen molar-refractivity contribution >= 4 is 17.6 Å². The predicted molar refractivity (Wildman–Crippen MR) is 108 cm³/mol. The number of hydrogen-bond donors (Lipinski definition) is 1. The molecule has 0 aromatic heterocycles. The molecule has 3 rings (SSSR count). The Kier molecular flexibility index (Phi) is 7.47. The predicted octanol–water partition coefficient (Wildman–Crippen LogP) is 3.33. The molecule has 2 heterocycles. The third kappa shape index (κ3) is 5.66. The number of nitrogens with one attached hydrogen (secondary N) is 1. The summed E-state index contributed by atoms with van der Waals surface area (Å²) in [6, 6.07) is 3.92. The van der Waals surface area contributed by atoms with Crippen LogP contribution >= 0.6 is 11.6 Å². The van der Waals surface area contributed by atoms with Crippen molar-refractivity contribution < 1.29 is 14.2 Å². The summed E-state index contributed by atoms with van der Waals surface area (Å²) in [7, 11) is 3.89. The molecule has 0 bridgehead atoms. The zero-order valence-corrected chi connectivity index (χ0v) is 17.1. The van der Waals surface area contributed by atoms with Crippen LogP contribution in [0.1, 0.15) is 31.2 Å². The molecule has 0 unspecified atom stereocenters. The molecule has 2 aliphatic heterocycles. The highest BCUT2D eigenvalue weighted by Gasteiger charge is 2.17. The molecule has 6 nitrogen and oxygen atoms in total. The van der Waals surface area contributed by atoms with E-state index in [4.69, 9.17) is 25.8 Å². The summed E-state index contributed by atoms with van der Waals surface area (Å²) < 4.78 is 16.9. The van der Waals surface area contributed by atoms with E-state index in [9.17, 15) is 0 Å². The smallest absolute Gasteiger partial charge is 0.193 e. The molecular formula is C20H30ClN3O3. The highest BCUT2D eigenvalue weighted by atomic mass is 35.5. The van der Waals surface area contributed by atoms with Crippen LogP contribution in [0.4, 0.5) is 0 Å². The van der Waals surface area contributed by atoms with Crippen molar-refractivity contribution in [1.82, 2.24) is 10.2 Å². The molecule has 0 amide bonds. The minimum Gasteiger partial charge on any atom is -0.489 e. The van der Waals surface area contributed by atoms with Crippen LogP contribution in [0, 0.1) is 5.92 Å². The number of rotatable bonds is 5. The average Bonchev–Trinajstić information content (AvgIpc) is 2.93. The van der Waals surface area contributed by atoms with Crippen LogP contribution < -0.4 is 14.8 Å². The van der Waals surface area contributed by atoms with Crippen LogP contribution in [0.15, 0.2) is 17.1 Å². The summed E-state index contributed by atoms with van der Waals surface area (Å²) in [4.78, 5) is 6.59. The number of fused-ring (bicyclic) bond motifs is 1. The van der Waals surface area contributed by atoms with Crippen LogP contribution in [0.2, 0.25) is 5.02 Å². The zero-order chi connectivity index (χ0) is 19.1. The maximum Gasteiger partial charge on any atom is 0.193 e. The Bertz CT molecular complexity index is 648. The standard InChI is InChI=1S/C20H30ClN3O3/c1-22-20(24(2)7-4-15-5-10-25-11-6-15)23-14-16-12-17(21)19-18(13-16)26-8-3-9-27-19/h12-13,15H,3-11,14H2,1-2H3,(H,22,23). The molecule has 0 atom stereocenters. The van der Waals surface area contributed by atoms with Gasteiger partial charge in [0.2, 0.25) is 0 Å². The first-order chi connectivity index (χ1) is 13.2. The third-order valence-corrected chi connectivity index (χ3v) is 5.38. The molecule has 7 heteroatoms. The minimum absolute atomic E-state index is 0.592. The van der Waals surface area contributed by atoms with Gasteiger partial charge in [0, 0.05) is 46.8 Å². The van der Waals surface area contributed by atoms with Gasteiger partial charge < -0.3 is 24.4 Å². The molecule has 1 N–H and O–H groups in total. The Balaban J connectivity index is 1.54. The monoisotopic (exact) mass is 395 g/mol. The summed E-state index contributed by atoms with van der Waals surface area (Å²) in [5, 5.41) is 4.01. The number of guanidine groups is 1. The second kappa shape index (κ2) is 10.0. The average molecular weight is 396 g/mol. The first-order valence-corrected chi connectivity index (χ1v) is 10.1. The van der Waals surface area contributed by atoms with Gasteiger partial charge in [0.05, 0.1) is 18.2 Å². The maximum absolute atomic E-state index is 6.38. The van der Waals surface area contributed by atoms with Crippen molar-refractivity contribution in [2.45, 2.75) is 32.2 Å². The molecule has 2 aliphatic rings. The van der Waals surface area contributed by atoms with E-state index in [0.29, 0.717) is 30.5 Å². The van der Waals surface area contributed by atoms with Crippen LogP contribution in [-0.2, 0) is 11.3 Å². The van der Waals surface area contributed by atoms with Crippen molar-refractivity contribution in [1.29, 1.82) is 0 Å². The molecule has 1 fully saturated rings. The number of nitrogens with zero attached hydrogens (tertiary/aromatic N) is 2. The fraction of sp³-hybridized carbons (Fsp3) is 0.650. The second-order valence-corrected chi connectivity index (χ2v) is 7.53. The van der Waals surface area contributed by atoms with Crippen LogP contribution in [-0.4, -0.2) is 57.9 Å². The Labute approximate surface area is 166 Å². The van der Waals surface area contributed by atoms with E-state index in [1.807, 2.05) is 19.2 Å². The van der Waals surface area contributed by atoms with Crippen LogP contribution in [0.3, 0.4) is 0 Å². The molecule has 150 valence electrons. The Morgan fingerprint density at radius 1 is 1.22 bits per heavy atom. The van der Waals surface area contributed by atoms with Crippen LogP contribution in [0.5, 0.6) is 11.5 Å². The van der Waals surface area contributed by atoms with E-state index in [0.717, 1.165) is 68.6 Å². The largest absolute Gasteiger partial charge is 0.489 e. The van der Waals surface area contributed by atoms with Gasteiger partial charge in [-0.25, -0.2) is 0 Å². The van der Waals surface area contributed by atoms with Gasteiger partial charge in [-0.05, 0) is 42.9 Å². The molecule has 0 radical (unpaired) electrons. The van der Waals surface area contributed by atoms with E-state index in [-0.39, 0.29) is 0 Å². The first kappa shape index (κ1) is 20.1. The summed E-state index contributed by atoms with van der Waals surface area (Å²) in [6.07, 6.45) is 4.35. The quantitative estimate of drug-likeness (QED) is 0.612. The minimum atomic E-state index is 0.592. The van der Waals surface area contributed by atoms with E-state index >= 15 is 0 Å². The van der Waals surface area contributed by atoms with E-state index < -0.39 is 0 Å². The summed E-state index contributed by atoms with van der Waals surface area (Å²) in [5.41, 5.74) is 1.04. The van der Waals surface area contributed by atoms with E-state index in [1.165, 1.54) is 0 Å². The third-order valence-electron chi connectivity index (χ3n) is 5.10. The van der Waals surface area contributed by atoms with Gasteiger partial charge in [-0.3, -0.25) is 4.99 Å². The summed E-state index contributed by atoms with van der Waals surface area (Å²) >= 11 is 6.38. The molecular weight excluding hydrogens is 366 g/mol. The lowest BCUT2D eigenvalue weighted by Crippen LogP contribution is -2.39. The number of hydrogen-bond acceptors (Lipinski definition) is 4. The van der Waals surface area contributed by atoms with Gasteiger partial charge in [0.15, 0.2) is 17.5 Å². The zero-order valence-electron chi connectivity index (χ0n) is 16.3. The fourth-order valence-corrected chi connectivity index (χ4v) is 3.76. The Hall–Kier alpha value is -1.66. The molecule has 1 aromatic rings. The summed E-state index contributed by atoms with van der Waals surface area (Å²) in [5.74, 6) is 3.00. The Morgan fingerprint density at radius 3 is 2.78 bits per heavy atom. The SMILES string of the molecule is CN=C(NCc1cc(Cl)c2c(c1)OCCCO2)N(C)CCC1CCOCC1. The first-order valence-electron chi connectivity index (χ1n) is 9.75. The molecule has 1 saturated heterocycles. The summed E-state index contributed by atoms with van der Waals surface area (Å²) in [6.45, 7) is 4.68. The number of aliphatic imine (C=N–C) groups is 1. The number of benzene rings is 1. The van der Waals surface area contributed by atoms with Crippen molar-refractivity contribution in [3.63, 3.8) is 0 Å². The number of ether oxygens (including phenoxy) is 3. The normalized spacial score (nSPS) is 18.1. The van der Waals surface area contributed by atoms with E-state index in [2.05, 4.69) is 22.3 Å². The lowest BCUT2D eigenvalue weighted by atomic mass is 9.96. The lowest BCUT2D eigenvalue weighted by molar-refractivity contribution is 0.0625. The molecule has 0 saturated carbocycles. The van der Waals surface area contributed by atoms with Crippen molar-refractivity contribution in [3.05, 3.63) is 22.7 Å². The Morgan fingerprint density at radius 2 is 2.00 bits per heavy atom. The van der Waals surface area contributed by atoms with Gasteiger partial charge in [-0.15, -0.1) is 0 Å². The molecule has 0 aliphatic carbocycles. The van der Waals surface area contributed by atoms with Gasteiger partial charge in [0.1, 0.15) is 0 Å². The van der Waals surface area contributed by atoms with Crippen molar-refractivity contribution in [2.24, 2.45) is 10.9 Å².